The second-order valence-electron chi connectivity index (χ2n) is 4.17. The highest BCUT2D eigenvalue weighted by Gasteiger charge is 2.12. The van der Waals surface area contributed by atoms with E-state index in [0.717, 1.165) is 5.56 Å². The second kappa shape index (κ2) is 5.40. The average Bonchev–Trinajstić information content (AvgIpc) is 2.36. The van der Waals surface area contributed by atoms with E-state index in [1.54, 1.807) is 12.1 Å². The van der Waals surface area contributed by atoms with Gasteiger partial charge in [0.05, 0.1) is 11.3 Å². The van der Waals surface area contributed by atoms with Crippen molar-refractivity contribution in [2.75, 3.05) is 11.1 Å². The first-order chi connectivity index (χ1) is 8.97. The number of amides is 1. The van der Waals surface area contributed by atoms with Crippen LogP contribution < -0.4 is 11.1 Å². The number of carbonyl (C=O) groups excluding carboxylic acids is 1. The number of carbonyl (C=O) groups is 1. The van der Waals surface area contributed by atoms with Crippen LogP contribution in [-0.2, 0) is 0 Å². The summed E-state index contributed by atoms with van der Waals surface area (Å²) in [5.41, 5.74) is 7.82. The molecule has 2 aromatic carbocycles. The van der Waals surface area contributed by atoms with Crippen molar-refractivity contribution in [3.05, 3.63) is 57.8 Å². The summed E-state index contributed by atoms with van der Waals surface area (Å²) < 4.78 is 13.8. The molecule has 0 spiro atoms. The van der Waals surface area contributed by atoms with Crippen molar-refractivity contribution < 1.29 is 9.18 Å². The number of aryl methyl sites for hydroxylation is 1. The quantitative estimate of drug-likeness (QED) is 0.828. The fraction of sp³-hybridized carbons (Fsp3) is 0.0714. The van der Waals surface area contributed by atoms with Crippen molar-refractivity contribution in [2.45, 2.75) is 6.92 Å². The Balaban J connectivity index is 2.30. The van der Waals surface area contributed by atoms with Crippen LogP contribution in [0.1, 0.15) is 15.9 Å². The maximum absolute atomic E-state index is 13.1. The number of rotatable bonds is 2. The molecule has 0 fully saturated rings. The monoisotopic (exact) mass is 322 g/mol. The van der Waals surface area contributed by atoms with E-state index in [1.165, 1.54) is 18.2 Å². The molecule has 0 radical (unpaired) electrons. The number of anilines is 2. The highest BCUT2D eigenvalue weighted by molar-refractivity contribution is 9.10. The highest BCUT2D eigenvalue weighted by Crippen LogP contribution is 2.24. The van der Waals surface area contributed by atoms with Crippen LogP contribution in [0.2, 0.25) is 0 Å². The molecule has 0 saturated carbocycles. The Labute approximate surface area is 118 Å². The zero-order valence-corrected chi connectivity index (χ0v) is 11.8. The molecular weight excluding hydrogens is 311 g/mol. The largest absolute Gasteiger partial charge is 0.398 e. The molecule has 0 aliphatic heterocycles. The fourth-order valence-corrected chi connectivity index (χ4v) is 2.00. The summed E-state index contributed by atoms with van der Waals surface area (Å²) in [5.74, 6) is -0.789. The minimum atomic E-state index is -0.421. The van der Waals surface area contributed by atoms with Gasteiger partial charge in [0.2, 0.25) is 0 Å². The molecule has 0 atom stereocenters. The molecule has 98 valence electrons. The summed E-state index contributed by atoms with van der Waals surface area (Å²) in [6, 6.07) is 9.27. The van der Waals surface area contributed by atoms with Gasteiger partial charge in [0.25, 0.3) is 5.91 Å². The number of hydrogen-bond donors (Lipinski definition) is 2. The van der Waals surface area contributed by atoms with E-state index in [2.05, 4.69) is 21.2 Å². The molecule has 3 nitrogen and oxygen atoms in total. The lowest BCUT2D eigenvalue weighted by molar-refractivity contribution is 0.102. The predicted octanol–water partition coefficient (Wildman–Crippen LogP) is 3.73. The van der Waals surface area contributed by atoms with Crippen molar-refractivity contribution in [2.24, 2.45) is 0 Å². The van der Waals surface area contributed by atoms with Crippen molar-refractivity contribution in [1.82, 2.24) is 0 Å². The van der Waals surface area contributed by atoms with Crippen LogP contribution in [0.15, 0.2) is 40.9 Å². The third kappa shape index (κ3) is 3.12. The molecule has 0 heterocycles. The SMILES string of the molecule is Cc1ccc(N)c(C(=O)Nc2cc(F)ccc2Br)c1. The Morgan fingerprint density at radius 3 is 2.74 bits per heavy atom. The topological polar surface area (TPSA) is 55.1 Å². The van der Waals surface area contributed by atoms with E-state index in [1.807, 2.05) is 13.0 Å². The van der Waals surface area contributed by atoms with Crippen LogP contribution in [0, 0.1) is 12.7 Å². The third-order valence-corrected chi connectivity index (χ3v) is 3.32. The van der Waals surface area contributed by atoms with Gasteiger partial charge in [-0.2, -0.15) is 0 Å². The van der Waals surface area contributed by atoms with Gasteiger partial charge < -0.3 is 11.1 Å². The van der Waals surface area contributed by atoms with E-state index in [4.69, 9.17) is 5.73 Å². The Kier molecular flexibility index (Phi) is 3.85. The molecule has 5 heteroatoms. The van der Waals surface area contributed by atoms with E-state index in [9.17, 15) is 9.18 Å². The van der Waals surface area contributed by atoms with Crippen molar-refractivity contribution in [3.8, 4) is 0 Å². The zero-order chi connectivity index (χ0) is 14.0. The summed E-state index contributed by atoms with van der Waals surface area (Å²) in [4.78, 5) is 12.1. The molecule has 1 amide bonds. The lowest BCUT2D eigenvalue weighted by Gasteiger charge is -2.10. The maximum atomic E-state index is 13.1. The van der Waals surface area contributed by atoms with E-state index in [0.29, 0.717) is 21.4 Å². The summed E-state index contributed by atoms with van der Waals surface area (Å²) in [6.45, 7) is 1.87. The van der Waals surface area contributed by atoms with Crippen LogP contribution in [0.25, 0.3) is 0 Å². The number of halogens is 2. The van der Waals surface area contributed by atoms with E-state index < -0.39 is 5.82 Å². The Morgan fingerprint density at radius 2 is 2.00 bits per heavy atom. The Hall–Kier alpha value is -1.88. The average molecular weight is 323 g/mol. The molecule has 0 aromatic heterocycles. The molecule has 2 rings (SSSR count). The number of nitrogen functional groups attached to an aromatic ring is 1. The van der Waals surface area contributed by atoms with E-state index >= 15 is 0 Å². The minimum absolute atomic E-state index is 0.367. The van der Waals surface area contributed by atoms with Gasteiger partial charge in [-0.05, 0) is 53.2 Å². The van der Waals surface area contributed by atoms with Crippen molar-refractivity contribution in [1.29, 1.82) is 0 Å². The molecule has 0 unspecified atom stereocenters. The normalized spacial score (nSPS) is 10.3. The molecule has 0 aliphatic rings. The first-order valence-electron chi connectivity index (χ1n) is 5.60. The van der Waals surface area contributed by atoms with Gasteiger partial charge in [0, 0.05) is 10.2 Å². The second-order valence-corrected chi connectivity index (χ2v) is 5.02. The molecular formula is C14H12BrFN2O. The van der Waals surface area contributed by atoms with Gasteiger partial charge in [-0.3, -0.25) is 4.79 Å². The van der Waals surface area contributed by atoms with Crippen LogP contribution in [0.4, 0.5) is 15.8 Å². The molecule has 19 heavy (non-hydrogen) atoms. The smallest absolute Gasteiger partial charge is 0.257 e. The predicted molar refractivity (Wildman–Crippen MR) is 77.6 cm³/mol. The summed E-state index contributed by atoms with van der Waals surface area (Å²) in [7, 11) is 0. The lowest BCUT2D eigenvalue weighted by Crippen LogP contribution is -2.14. The van der Waals surface area contributed by atoms with Crippen LogP contribution in [-0.4, -0.2) is 5.91 Å². The lowest BCUT2D eigenvalue weighted by atomic mass is 10.1. The van der Waals surface area contributed by atoms with E-state index in [-0.39, 0.29) is 5.91 Å². The first-order valence-corrected chi connectivity index (χ1v) is 6.39. The Morgan fingerprint density at radius 1 is 1.26 bits per heavy atom. The first kappa shape index (κ1) is 13.5. The van der Waals surface area contributed by atoms with Gasteiger partial charge in [0.15, 0.2) is 0 Å². The molecule has 3 N–H and O–H groups in total. The molecule has 0 aliphatic carbocycles. The van der Waals surface area contributed by atoms with Gasteiger partial charge in [0.1, 0.15) is 5.82 Å². The van der Waals surface area contributed by atoms with Crippen LogP contribution >= 0.6 is 15.9 Å². The van der Waals surface area contributed by atoms with Crippen LogP contribution in [0.5, 0.6) is 0 Å². The summed E-state index contributed by atoms with van der Waals surface area (Å²) in [6.07, 6.45) is 0. The number of hydrogen-bond acceptors (Lipinski definition) is 2. The van der Waals surface area contributed by atoms with Gasteiger partial charge in [-0.1, -0.05) is 11.6 Å². The standard InChI is InChI=1S/C14H12BrFN2O/c1-8-2-5-12(17)10(6-8)14(19)18-13-7-9(16)3-4-11(13)15/h2-7H,17H2,1H3,(H,18,19). The Bertz CT molecular complexity index is 643. The summed E-state index contributed by atoms with van der Waals surface area (Å²) in [5, 5.41) is 2.63. The maximum Gasteiger partial charge on any atom is 0.257 e. The van der Waals surface area contributed by atoms with Gasteiger partial charge in [-0.15, -0.1) is 0 Å². The molecule has 0 bridgehead atoms. The van der Waals surface area contributed by atoms with Gasteiger partial charge >= 0.3 is 0 Å². The van der Waals surface area contributed by atoms with Crippen molar-refractivity contribution >= 4 is 33.2 Å². The number of nitrogens with two attached hydrogens (primary N) is 1. The third-order valence-electron chi connectivity index (χ3n) is 2.63. The molecule has 0 saturated heterocycles. The zero-order valence-electron chi connectivity index (χ0n) is 10.2. The number of nitrogens with one attached hydrogen (secondary N) is 1. The highest BCUT2D eigenvalue weighted by atomic mass is 79.9. The van der Waals surface area contributed by atoms with Gasteiger partial charge in [-0.25, -0.2) is 4.39 Å². The molecule has 2 aromatic rings. The number of benzene rings is 2. The van der Waals surface area contributed by atoms with Crippen LogP contribution in [0.3, 0.4) is 0 Å². The fourth-order valence-electron chi connectivity index (χ4n) is 1.65. The minimum Gasteiger partial charge on any atom is -0.398 e. The van der Waals surface area contributed by atoms with Crippen molar-refractivity contribution in [3.63, 3.8) is 0 Å². The summed E-state index contributed by atoms with van der Waals surface area (Å²) >= 11 is 3.25.